The molecule has 0 aromatic rings. The lowest BCUT2D eigenvalue weighted by Gasteiger charge is -2.22. The molecule has 0 aromatic carbocycles. The molecule has 0 amide bonds. The molecule has 2 atom stereocenters. The lowest BCUT2D eigenvalue weighted by Crippen LogP contribution is -2.22. The predicted molar refractivity (Wildman–Crippen MR) is 151 cm³/mol. The summed E-state index contributed by atoms with van der Waals surface area (Å²) in [5, 5.41) is 0. The summed E-state index contributed by atoms with van der Waals surface area (Å²) in [6, 6.07) is 0. The molecule has 0 aliphatic carbocycles. The molecule has 2 heteroatoms. The van der Waals surface area contributed by atoms with Gasteiger partial charge in [-0.25, -0.2) is 0 Å². The summed E-state index contributed by atoms with van der Waals surface area (Å²) in [6.07, 6.45) is 36.7. The molecule has 2 unspecified atom stereocenters. The van der Waals surface area contributed by atoms with Gasteiger partial charge in [-0.2, -0.15) is 0 Å². The normalized spacial score (nSPS) is 17.3. The number of unbranched alkanes of at least 4 members (excludes halogenated alkanes) is 19. The Morgan fingerprint density at radius 2 is 1.03 bits per heavy atom. The Morgan fingerprint density at radius 3 is 1.47 bits per heavy atom. The summed E-state index contributed by atoms with van der Waals surface area (Å²) in [5.41, 5.74) is 0. The molecule has 1 rings (SSSR count). The second-order valence-corrected chi connectivity index (χ2v) is 11.4. The Bertz CT molecular complexity index is 377. The van der Waals surface area contributed by atoms with E-state index in [1.54, 1.807) is 0 Å². The molecule has 1 aliphatic rings. The van der Waals surface area contributed by atoms with Crippen LogP contribution >= 0.6 is 0 Å². The van der Waals surface area contributed by atoms with Crippen molar-refractivity contribution in [2.45, 2.75) is 187 Å². The Morgan fingerprint density at radius 1 is 0.588 bits per heavy atom. The van der Waals surface area contributed by atoms with E-state index in [1.807, 2.05) is 0 Å². The van der Waals surface area contributed by atoms with Gasteiger partial charge in [0.05, 0.1) is 0 Å². The molecule has 0 bridgehead atoms. The highest BCUT2D eigenvalue weighted by Gasteiger charge is 2.13. The SMILES string of the molecule is CCCCCCCCCCCCCCC(C)CCCCCCCCCCCOC1CCCCO1. The van der Waals surface area contributed by atoms with Crippen LogP contribution < -0.4 is 0 Å². The predicted octanol–water partition coefficient (Wildman–Crippen LogP) is 11.2. The second kappa shape index (κ2) is 26.0. The lowest BCUT2D eigenvalue weighted by molar-refractivity contribution is -0.162. The van der Waals surface area contributed by atoms with Crippen molar-refractivity contribution in [3.8, 4) is 0 Å². The van der Waals surface area contributed by atoms with Crippen LogP contribution in [-0.4, -0.2) is 19.5 Å². The van der Waals surface area contributed by atoms with Crippen LogP contribution in [0.3, 0.4) is 0 Å². The first kappa shape index (κ1) is 31.9. The first-order chi connectivity index (χ1) is 16.8. The molecule has 1 aliphatic heterocycles. The van der Waals surface area contributed by atoms with E-state index in [9.17, 15) is 0 Å². The van der Waals surface area contributed by atoms with E-state index in [-0.39, 0.29) is 6.29 Å². The zero-order valence-corrected chi connectivity index (χ0v) is 23.8. The van der Waals surface area contributed by atoms with E-state index in [0.29, 0.717) is 0 Å². The molecule has 0 saturated carbocycles. The molecule has 0 N–H and O–H groups in total. The first-order valence-corrected chi connectivity index (χ1v) is 16.1. The van der Waals surface area contributed by atoms with Gasteiger partial charge in [-0.15, -0.1) is 0 Å². The monoisotopic (exact) mass is 480 g/mol. The van der Waals surface area contributed by atoms with Gasteiger partial charge in [-0.1, -0.05) is 155 Å². The maximum atomic E-state index is 5.82. The van der Waals surface area contributed by atoms with Crippen LogP contribution in [0.4, 0.5) is 0 Å². The van der Waals surface area contributed by atoms with Gasteiger partial charge < -0.3 is 9.47 Å². The number of hydrogen-bond donors (Lipinski definition) is 0. The van der Waals surface area contributed by atoms with Crippen LogP contribution in [0.25, 0.3) is 0 Å². The maximum absolute atomic E-state index is 5.82. The highest BCUT2D eigenvalue weighted by atomic mass is 16.7. The van der Waals surface area contributed by atoms with E-state index in [2.05, 4.69) is 13.8 Å². The van der Waals surface area contributed by atoms with Crippen LogP contribution in [0.1, 0.15) is 181 Å². The summed E-state index contributed by atoms with van der Waals surface area (Å²) in [4.78, 5) is 0. The van der Waals surface area contributed by atoms with Crippen LogP contribution in [0, 0.1) is 5.92 Å². The first-order valence-electron chi connectivity index (χ1n) is 16.1. The summed E-state index contributed by atoms with van der Waals surface area (Å²) in [5.74, 6) is 0.948. The van der Waals surface area contributed by atoms with Crippen LogP contribution in [0.5, 0.6) is 0 Å². The largest absolute Gasteiger partial charge is 0.353 e. The number of hydrogen-bond acceptors (Lipinski definition) is 2. The molecule has 0 spiro atoms. The Balaban J connectivity index is 1.69. The van der Waals surface area contributed by atoms with Crippen molar-refractivity contribution in [1.29, 1.82) is 0 Å². The van der Waals surface area contributed by atoms with E-state index in [1.165, 1.54) is 161 Å². The van der Waals surface area contributed by atoms with Gasteiger partial charge in [-0.05, 0) is 31.6 Å². The van der Waals surface area contributed by atoms with E-state index in [0.717, 1.165) is 25.6 Å². The third-order valence-corrected chi connectivity index (χ3v) is 7.83. The maximum Gasteiger partial charge on any atom is 0.157 e. The van der Waals surface area contributed by atoms with Crippen molar-refractivity contribution in [3.63, 3.8) is 0 Å². The van der Waals surface area contributed by atoms with Gasteiger partial charge in [0, 0.05) is 13.2 Å². The molecule has 2 nitrogen and oxygen atoms in total. The third-order valence-electron chi connectivity index (χ3n) is 7.83. The fraction of sp³-hybridized carbons (Fsp3) is 1.00. The van der Waals surface area contributed by atoms with Crippen molar-refractivity contribution in [2.75, 3.05) is 13.2 Å². The topological polar surface area (TPSA) is 18.5 Å². The minimum Gasteiger partial charge on any atom is -0.353 e. The van der Waals surface area contributed by atoms with Crippen molar-refractivity contribution < 1.29 is 9.47 Å². The van der Waals surface area contributed by atoms with E-state index in [4.69, 9.17) is 9.47 Å². The van der Waals surface area contributed by atoms with Crippen LogP contribution in [0.15, 0.2) is 0 Å². The standard InChI is InChI=1S/C32H64O2/c1-3-4-5-6-7-8-9-10-12-15-18-21-26-31(2)27-22-19-16-13-11-14-17-20-24-29-33-32-28-23-25-30-34-32/h31-32H,3-30H2,1-2H3. The number of rotatable bonds is 26. The third kappa shape index (κ3) is 22.4. The van der Waals surface area contributed by atoms with Gasteiger partial charge in [0.25, 0.3) is 0 Å². The summed E-state index contributed by atoms with van der Waals surface area (Å²) in [7, 11) is 0. The molecular formula is C32H64O2. The van der Waals surface area contributed by atoms with Gasteiger partial charge >= 0.3 is 0 Å². The minimum atomic E-state index is 0.0982. The van der Waals surface area contributed by atoms with Gasteiger partial charge in [0.1, 0.15) is 0 Å². The Hall–Kier alpha value is -0.0800. The van der Waals surface area contributed by atoms with Gasteiger partial charge in [-0.3, -0.25) is 0 Å². The highest BCUT2D eigenvalue weighted by Crippen LogP contribution is 2.19. The summed E-state index contributed by atoms with van der Waals surface area (Å²) in [6.45, 7) is 6.58. The molecule has 1 saturated heterocycles. The summed E-state index contributed by atoms with van der Waals surface area (Å²) >= 11 is 0. The lowest BCUT2D eigenvalue weighted by atomic mass is 9.95. The zero-order valence-electron chi connectivity index (χ0n) is 23.8. The molecule has 0 radical (unpaired) electrons. The molecule has 0 aromatic heterocycles. The fourth-order valence-electron chi connectivity index (χ4n) is 5.37. The minimum absolute atomic E-state index is 0.0982. The zero-order chi connectivity index (χ0) is 24.4. The summed E-state index contributed by atoms with van der Waals surface area (Å²) < 4.78 is 11.4. The highest BCUT2D eigenvalue weighted by molar-refractivity contribution is 4.57. The van der Waals surface area contributed by atoms with Crippen LogP contribution in [0.2, 0.25) is 0 Å². The molecule has 204 valence electrons. The Kier molecular flexibility index (Phi) is 24.4. The van der Waals surface area contributed by atoms with E-state index < -0.39 is 0 Å². The van der Waals surface area contributed by atoms with Crippen molar-refractivity contribution in [2.24, 2.45) is 5.92 Å². The molecule has 1 heterocycles. The smallest absolute Gasteiger partial charge is 0.157 e. The van der Waals surface area contributed by atoms with Crippen molar-refractivity contribution in [1.82, 2.24) is 0 Å². The van der Waals surface area contributed by atoms with Gasteiger partial charge in [0.2, 0.25) is 0 Å². The molecule has 34 heavy (non-hydrogen) atoms. The van der Waals surface area contributed by atoms with E-state index >= 15 is 0 Å². The molecule has 1 fully saturated rings. The fourth-order valence-corrected chi connectivity index (χ4v) is 5.37. The average molecular weight is 481 g/mol. The van der Waals surface area contributed by atoms with Crippen molar-refractivity contribution in [3.05, 3.63) is 0 Å². The quantitative estimate of drug-likeness (QED) is 0.115. The number of ether oxygens (including phenoxy) is 2. The van der Waals surface area contributed by atoms with Crippen LogP contribution in [-0.2, 0) is 9.47 Å². The molecular weight excluding hydrogens is 416 g/mol. The average Bonchev–Trinajstić information content (AvgIpc) is 2.86. The van der Waals surface area contributed by atoms with Gasteiger partial charge in [0.15, 0.2) is 6.29 Å². The Labute approximate surface area is 215 Å². The van der Waals surface area contributed by atoms with Crippen molar-refractivity contribution >= 4 is 0 Å². The second-order valence-electron chi connectivity index (χ2n) is 11.4.